The fourth-order valence-corrected chi connectivity index (χ4v) is 6.96. The molecule has 1 aromatic rings. The summed E-state index contributed by atoms with van der Waals surface area (Å²) in [5.41, 5.74) is 10.5. The fraction of sp³-hybridized carbons (Fsp3) is 0.667. The lowest BCUT2D eigenvalue weighted by Crippen LogP contribution is -2.51. The first-order valence-corrected chi connectivity index (χ1v) is 11.6. The molecule has 0 radical (unpaired) electrons. The van der Waals surface area contributed by atoms with Gasteiger partial charge in [0.1, 0.15) is 0 Å². The molecule has 2 aliphatic heterocycles. The number of hydrogen-bond donors (Lipinski definition) is 1. The summed E-state index contributed by atoms with van der Waals surface area (Å²) in [5, 5.41) is 0. The van der Waals surface area contributed by atoms with Crippen molar-refractivity contribution < 1.29 is 13.2 Å². The molecule has 3 rings (SSSR count). The predicted molar refractivity (Wildman–Crippen MR) is 111 cm³/mol. The van der Waals surface area contributed by atoms with Gasteiger partial charge in [-0.15, -0.1) is 0 Å². The summed E-state index contributed by atoms with van der Waals surface area (Å²) >= 11 is 0. The average Bonchev–Trinajstić information content (AvgIpc) is 3.15. The van der Waals surface area contributed by atoms with Gasteiger partial charge >= 0.3 is 0 Å². The van der Waals surface area contributed by atoms with Gasteiger partial charge in [0.15, 0.2) is 0 Å². The number of piperidine rings is 1. The second-order valence-corrected chi connectivity index (χ2v) is 10.3. The van der Waals surface area contributed by atoms with Gasteiger partial charge in [0.2, 0.25) is 15.9 Å². The zero-order valence-corrected chi connectivity index (χ0v) is 18.5. The summed E-state index contributed by atoms with van der Waals surface area (Å²) in [4.78, 5) is 14.4. The first kappa shape index (κ1) is 21.3. The lowest BCUT2D eigenvalue weighted by atomic mass is 9.95. The number of carbonyl (C=O) groups excluding carboxylic acids is 1. The number of nitrogens with two attached hydrogens (primary N) is 1. The number of benzene rings is 1. The molecule has 0 aliphatic carbocycles. The highest BCUT2D eigenvalue weighted by Crippen LogP contribution is 2.34. The van der Waals surface area contributed by atoms with Gasteiger partial charge < -0.3 is 5.73 Å². The molecule has 0 aromatic heterocycles. The Morgan fingerprint density at radius 3 is 1.86 bits per heavy atom. The lowest BCUT2D eigenvalue weighted by Gasteiger charge is -2.38. The molecule has 1 aromatic carbocycles. The van der Waals surface area contributed by atoms with Crippen LogP contribution in [0.4, 0.5) is 0 Å². The average molecular weight is 408 g/mol. The highest BCUT2D eigenvalue weighted by Gasteiger charge is 2.38. The van der Waals surface area contributed by atoms with Crippen LogP contribution in [0.1, 0.15) is 53.5 Å². The number of amides is 1. The Bertz CT molecular complexity index is 858. The van der Waals surface area contributed by atoms with Crippen LogP contribution in [0.15, 0.2) is 4.90 Å². The zero-order valence-electron chi connectivity index (χ0n) is 17.7. The summed E-state index contributed by atoms with van der Waals surface area (Å²) in [6, 6.07) is 0.0372. The third-order valence-corrected chi connectivity index (χ3v) is 9.22. The third-order valence-electron chi connectivity index (χ3n) is 7.04. The highest BCUT2D eigenvalue weighted by atomic mass is 32.2. The van der Waals surface area contributed by atoms with E-state index in [1.54, 1.807) is 4.31 Å². The maximum atomic E-state index is 13.5. The molecule has 0 bridgehead atoms. The normalized spacial score (nSPS) is 22.7. The lowest BCUT2D eigenvalue weighted by molar-refractivity contribution is -0.123. The molecule has 6 nitrogen and oxygen atoms in total. The Morgan fingerprint density at radius 2 is 1.36 bits per heavy atom. The number of likely N-dealkylation sites (tertiary alicyclic amines) is 1. The smallest absolute Gasteiger partial charge is 0.243 e. The molecule has 7 heteroatoms. The number of nitrogens with zero attached hydrogens (tertiary/aromatic N) is 2. The molecule has 2 heterocycles. The molecule has 28 heavy (non-hydrogen) atoms. The van der Waals surface area contributed by atoms with Crippen molar-refractivity contribution in [3.8, 4) is 0 Å². The number of sulfonamides is 1. The van der Waals surface area contributed by atoms with Gasteiger partial charge in [0.05, 0.1) is 10.9 Å². The first-order valence-electron chi connectivity index (χ1n) is 10.2. The molecular formula is C21H33N3O3S. The summed E-state index contributed by atoms with van der Waals surface area (Å²) in [5.74, 6) is -0.260. The van der Waals surface area contributed by atoms with E-state index in [1.807, 2.05) is 27.7 Å². The SMILES string of the molecule is Cc1c(C)c(C)c(S(=O)(=O)N2CCC(N3CCCC3C(N)=O)CC2)c(C)c1C. The summed E-state index contributed by atoms with van der Waals surface area (Å²) in [6.45, 7) is 11.7. The van der Waals surface area contributed by atoms with E-state index in [4.69, 9.17) is 5.73 Å². The van der Waals surface area contributed by atoms with Crippen molar-refractivity contribution in [3.63, 3.8) is 0 Å². The predicted octanol–water partition coefficient (Wildman–Crippen LogP) is 2.33. The number of carbonyl (C=O) groups is 1. The van der Waals surface area contributed by atoms with E-state index in [0.29, 0.717) is 18.0 Å². The monoisotopic (exact) mass is 407 g/mol. The zero-order chi connectivity index (χ0) is 20.8. The first-order chi connectivity index (χ1) is 13.1. The molecule has 1 amide bonds. The molecule has 2 N–H and O–H groups in total. The Balaban J connectivity index is 1.82. The van der Waals surface area contributed by atoms with Crippen molar-refractivity contribution in [2.45, 2.75) is 77.3 Å². The highest BCUT2D eigenvalue weighted by molar-refractivity contribution is 7.89. The van der Waals surface area contributed by atoms with Gasteiger partial charge in [-0.25, -0.2) is 8.42 Å². The van der Waals surface area contributed by atoms with Crippen molar-refractivity contribution in [2.75, 3.05) is 19.6 Å². The van der Waals surface area contributed by atoms with Crippen LogP contribution in [-0.4, -0.2) is 55.2 Å². The molecular weight excluding hydrogens is 374 g/mol. The number of rotatable bonds is 4. The van der Waals surface area contributed by atoms with Crippen molar-refractivity contribution >= 4 is 15.9 Å². The van der Waals surface area contributed by atoms with Crippen molar-refractivity contribution in [2.24, 2.45) is 5.73 Å². The van der Waals surface area contributed by atoms with Crippen LogP contribution in [-0.2, 0) is 14.8 Å². The van der Waals surface area contributed by atoms with Crippen LogP contribution >= 0.6 is 0 Å². The van der Waals surface area contributed by atoms with Gasteiger partial charge in [0.25, 0.3) is 0 Å². The van der Waals surface area contributed by atoms with Crippen LogP contribution in [0, 0.1) is 34.6 Å². The maximum absolute atomic E-state index is 13.5. The van der Waals surface area contributed by atoms with Crippen LogP contribution < -0.4 is 5.73 Å². The van der Waals surface area contributed by atoms with E-state index >= 15 is 0 Å². The number of hydrogen-bond acceptors (Lipinski definition) is 4. The second kappa shape index (κ2) is 7.76. The molecule has 2 saturated heterocycles. The van der Waals surface area contributed by atoms with E-state index in [0.717, 1.165) is 54.5 Å². The van der Waals surface area contributed by atoms with Gasteiger partial charge in [-0.3, -0.25) is 9.69 Å². The largest absolute Gasteiger partial charge is 0.368 e. The molecule has 1 atom stereocenters. The van der Waals surface area contributed by atoms with Gasteiger partial charge in [0, 0.05) is 19.1 Å². The van der Waals surface area contributed by atoms with Crippen molar-refractivity contribution in [1.29, 1.82) is 0 Å². The van der Waals surface area contributed by atoms with E-state index in [2.05, 4.69) is 11.8 Å². The van der Waals surface area contributed by atoms with Crippen molar-refractivity contribution in [3.05, 3.63) is 27.8 Å². The van der Waals surface area contributed by atoms with Gasteiger partial charge in [-0.05, 0) is 94.7 Å². The molecule has 2 fully saturated rings. The van der Waals surface area contributed by atoms with Crippen LogP contribution in [0.5, 0.6) is 0 Å². The Kier molecular flexibility index (Phi) is 5.90. The molecule has 0 spiro atoms. The molecule has 2 aliphatic rings. The minimum Gasteiger partial charge on any atom is -0.368 e. The summed E-state index contributed by atoms with van der Waals surface area (Å²) in [7, 11) is -3.54. The minimum atomic E-state index is -3.54. The van der Waals surface area contributed by atoms with Crippen molar-refractivity contribution in [1.82, 2.24) is 9.21 Å². The quantitative estimate of drug-likeness (QED) is 0.830. The molecule has 0 saturated carbocycles. The fourth-order valence-electron chi connectivity index (χ4n) is 4.93. The Labute approximate surface area is 169 Å². The van der Waals surface area contributed by atoms with E-state index in [1.165, 1.54) is 5.56 Å². The van der Waals surface area contributed by atoms with Gasteiger partial charge in [-0.2, -0.15) is 4.31 Å². The Hall–Kier alpha value is -1.44. The minimum absolute atomic E-state index is 0.194. The summed E-state index contributed by atoms with van der Waals surface area (Å²) in [6.07, 6.45) is 3.27. The standard InChI is InChI=1S/C21H33N3O3S/c1-13-14(2)16(4)20(17(5)15(13)3)28(26,27)23-11-8-18(9-12-23)24-10-6-7-19(24)21(22)25/h18-19H,6-12H2,1-5H3,(H2,22,25). The number of primary amides is 1. The summed E-state index contributed by atoms with van der Waals surface area (Å²) < 4.78 is 28.6. The third kappa shape index (κ3) is 3.48. The topological polar surface area (TPSA) is 83.7 Å². The van der Waals surface area contributed by atoms with E-state index < -0.39 is 10.0 Å². The Morgan fingerprint density at radius 1 is 0.857 bits per heavy atom. The molecule has 156 valence electrons. The molecule has 1 unspecified atom stereocenters. The maximum Gasteiger partial charge on any atom is 0.243 e. The van der Waals surface area contributed by atoms with E-state index in [-0.39, 0.29) is 18.0 Å². The van der Waals surface area contributed by atoms with Crippen LogP contribution in [0.2, 0.25) is 0 Å². The van der Waals surface area contributed by atoms with Crippen LogP contribution in [0.3, 0.4) is 0 Å². The van der Waals surface area contributed by atoms with Crippen LogP contribution in [0.25, 0.3) is 0 Å². The van der Waals surface area contributed by atoms with E-state index in [9.17, 15) is 13.2 Å². The van der Waals surface area contributed by atoms with Gasteiger partial charge in [-0.1, -0.05) is 0 Å². The second-order valence-electron chi connectivity index (χ2n) is 8.39.